The van der Waals surface area contributed by atoms with E-state index < -0.39 is 20.0 Å². The zero-order chi connectivity index (χ0) is 64.1. The lowest BCUT2D eigenvalue weighted by Crippen LogP contribution is -2.46. The molecule has 3 N–H and O–H groups in total. The molecule has 3 unspecified atom stereocenters. The fraction of sp³-hybridized carbons (Fsp3) is 0.886. The SMILES string of the molecule is CC/C=C\C/C=C\C/C=C\C/C=C\CCCCCCCCCCCCCCCCCCCCCCCCCCC(=O)NC(COP(=O)(O)OCC[N+](C)(C)C)C(O)CCCCCCCCCCCCCCCCCCCCCCCCCCCCCCC. The van der Waals surface area contributed by atoms with Crippen LogP contribution in [-0.4, -0.2) is 73.4 Å². The van der Waals surface area contributed by atoms with Gasteiger partial charge < -0.3 is 19.8 Å². The number of aliphatic hydroxyl groups is 1. The number of carbonyl (C=O) groups is 1. The van der Waals surface area contributed by atoms with Gasteiger partial charge in [-0.25, -0.2) is 4.57 Å². The maximum absolute atomic E-state index is 13.1. The summed E-state index contributed by atoms with van der Waals surface area (Å²) in [7, 11) is 1.64. The summed E-state index contributed by atoms with van der Waals surface area (Å²) in [5.74, 6) is -0.135. The van der Waals surface area contributed by atoms with Gasteiger partial charge in [0.15, 0.2) is 0 Å². The van der Waals surface area contributed by atoms with Crippen LogP contribution in [0.2, 0.25) is 0 Å². The normalized spacial score (nSPS) is 13.8. The Bertz CT molecular complexity index is 1580. The van der Waals surface area contributed by atoms with E-state index >= 15 is 0 Å². The zero-order valence-corrected chi connectivity index (χ0v) is 60.6. The molecule has 0 spiro atoms. The molecule has 9 heteroatoms. The molecule has 0 saturated heterocycles. The molecule has 88 heavy (non-hydrogen) atoms. The zero-order valence-electron chi connectivity index (χ0n) is 59.7. The van der Waals surface area contributed by atoms with Crippen molar-refractivity contribution in [2.24, 2.45) is 0 Å². The summed E-state index contributed by atoms with van der Waals surface area (Å²) in [6, 6.07) is -0.761. The van der Waals surface area contributed by atoms with Crippen LogP contribution in [0, 0.1) is 0 Å². The van der Waals surface area contributed by atoms with Gasteiger partial charge in [0.25, 0.3) is 0 Å². The number of phosphoric acid groups is 1. The summed E-state index contributed by atoms with van der Waals surface area (Å²) in [4.78, 5) is 23.5. The van der Waals surface area contributed by atoms with Gasteiger partial charge in [0.2, 0.25) is 5.91 Å². The molecule has 0 aliphatic carbocycles. The van der Waals surface area contributed by atoms with Gasteiger partial charge in [-0.1, -0.05) is 390 Å². The summed E-state index contributed by atoms with van der Waals surface area (Å²) in [5, 5.41) is 14.2. The van der Waals surface area contributed by atoms with E-state index in [0.29, 0.717) is 23.9 Å². The summed E-state index contributed by atoms with van der Waals surface area (Å²) in [5.41, 5.74) is 0. The monoisotopic (exact) mass is 1260 g/mol. The second-order valence-corrected chi connectivity index (χ2v) is 29.5. The number of phosphoric ester groups is 1. The van der Waals surface area contributed by atoms with Crippen LogP contribution in [0.3, 0.4) is 0 Å². The molecule has 0 radical (unpaired) electrons. The van der Waals surface area contributed by atoms with Crippen molar-refractivity contribution in [2.45, 2.75) is 411 Å². The van der Waals surface area contributed by atoms with Crippen LogP contribution in [0.1, 0.15) is 399 Å². The number of unbranched alkanes of at least 4 members (excludes halogenated alkanes) is 52. The molecule has 3 atom stereocenters. The number of nitrogens with zero attached hydrogens (tertiary/aromatic N) is 1. The Kier molecular flexibility index (Phi) is 68.6. The number of hydrogen-bond donors (Lipinski definition) is 3. The summed E-state index contributed by atoms with van der Waals surface area (Å²) >= 11 is 0. The van der Waals surface area contributed by atoms with Crippen LogP contribution in [0.4, 0.5) is 0 Å². The quantitative estimate of drug-likeness (QED) is 0.0243. The minimum Gasteiger partial charge on any atom is -0.391 e. The fourth-order valence-corrected chi connectivity index (χ4v) is 12.8. The first-order valence-corrected chi connectivity index (χ1v) is 40.5. The maximum atomic E-state index is 13.1. The number of carbonyl (C=O) groups excluding carboxylic acids is 1. The van der Waals surface area contributed by atoms with Gasteiger partial charge in [0.1, 0.15) is 13.2 Å². The Hall–Kier alpha value is -1.54. The molecule has 0 aliphatic heterocycles. The third-order valence-electron chi connectivity index (χ3n) is 18.1. The summed E-state index contributed by atoms with van der Waals surface area (Å²) in [6.45, 7) is 4.84. The molecule has 0 saturated carbocycles. The molecule has 0 rings (SSSR count). The van der Waals surface area contributed by atoms with Crippen molar-refractivity contribution in [3.05, 3.63) is 48.6 Å². The Balaban J connectivity index is 3.92. The van der Waals surface area contributed by atoms with E-state index in [2.05, 4.69) is 67.8 Å². The van der Waals surface area contributed by atoms with Gasteiger partial charge in [-0.15, -0.1) is 0 Å². The number of hydrogen-bond acceptors (Lipinski definition) is 5. The van der Waals surface area contributed by atoms with Crippen LogP contribution in [0.15, 0.2) is 48.6 Å². The molecular formula is C79H154N2O6P+. The van der Waals surface area contributed by atoms with Gasteiger partial charge in [-0.2, -0.15) is 0 Å². The van der Waals surface area contributed by atoms with E-state index in [9.17, 15) is 19.4 Å². The minimum absolute atomic E-state index is 0.0771. The predicted molar refractivity (Wildman–Crippen MR) is 387 cm³/mol. The van der Waals surface area contributed by atoms with Crippen LogP contribution in [0.25, 0.3) is 0 Å². The summed E-state index contributed by atoms with van der Waals surface area (Å²) in [6.07, 6.45) is 95.4. The number of aliphatic hydroxyl groups excluding tert-OH is 1. The molecule has 0 aliphatic rings. The third-order valence-corrected chi connectivity index (χ3v) is 19.1. The van der Waals surface area contributed by atoms with Gasteiger partial charge in [-0.05, 0) is 51.4 Å². The average molecular weight is 1260 g/mol. The van der Waals surface area contributed by atoms with E-state index in [1.165, 1.54) is 308 Å². The number of nitrogens with one attached hydrogen (secondary N) is 1. The first-order chi connectivity index (χ1) is 43.0. The standard InChI is InChI=1S/C79H153N2O6P/c1-6-8-10-12-14-16-18-20-22-24-26-28-30-32-34-36-37-38-39-40-41-42-43-45-47-49-51-53-55-57-59-61-63-65-67-69-71-73-79(83)80-77(76-87-88(84,85)86-75-74-81(3,4)5)78(82)72-70-68-66-64-62-60-58-56-54-52-50-48-46-44-35-33-31-29-27-25-23-21-19-17-15-13-11-9-7-2/h8,10,14,16,20,22,26,28,77-78,82H,6-7,9,11-13,15,17-19,21,23-25,27,29-76H2,1-5H3,(H-,80,83,84,85)/p+1/b10-8-,16-14-,22-20-,28-26-. The molecule has 0 bridgehead atoms. The number of quaternary nitrogens is 1. The molecule has 0 fully saturated rings. The highest BCUT2D eigenvalue weighted by Crippen LogP contribution is 2.43. The fourth-order valence-electron chi connectivity index (χ4n) is 12.1. The Morgan fingerprint density at radius 2 is 0.682 bits per heavy atom. The first-order valence-electron chi connectivity index (χ1n) is 39.0. The molecule has 8 nitrogen and oxygen atoms in total. The van der Waals surface area contributed by atoms with Crippen molar-refractivity contribution >= 4 is 13.7 Å². The van der Waals surface area contributed by atoms with Crippen molar-refractivity contribution in [3.8, 4) is 0 Å². The molecule has 0 aromatic heterocycles. The highest BCUT2D eigenvalue weighted by molar-refractivity contribution is 7.47. The maximum Gasteiger partial charge on any atom is 0.472 e. The molecule has 520 valence electrons. The van der Waals surface area contributed by atoms with E-state index in [-0.39, 0.29) is 19.1 Å². The first kappa shape index (κ1) is 86.5. The molecule has 0 aromatic carbocycles. The molecule has 1 amide bonds. The Labute approximate surface area is 549 Å². The number of allylic oxidation sites excluding steroid dienone is 8. The van der Waals surface area contributed by atoms with Gasteiger partial charge in [0.05, 0.1) is 39.9 Å². The number of rotatable bonds is 73. The second-order valence-electron chi connectivity index (χ2n) is 28.1. The van der Waals surface area contributed by atoms with E-state index in [0.717, 1.165) is 64.2 Å². The van der Waals surface area contributed by atoms with Crippen molar-refractivity contribution < 1.29 is 32.9 Å². The third kappa shape index (κ3) is 71.9. The average Bonchev–Trinajstić information content (AvgIpc) is 3.70. The lowest BCUT2D eigenvalue weighted by Gasteiger charge is -2.26. The van der Waals surface area contributed by atoms with Crippen molar-refractivity contribution in [1.82, 2.24) is 5.32 Å². The van der Waals surface area contributed by atoms with Gasteiger partial charge in [-0.3, -0.25) is 13.8 Å². The van der Waals surface area contributed by atoms with E-state index in [1.807, 2.05) is 21.1 Å². The Morgan fingerprint density at radius 1 is 0.398 bits per heavy atom. The van der Waals surface area contributed by atoms with Crippen LogP contribution in [0.5, 0.6) is 0 Å². The molecule has 0 heterocycles. The van der Waals surface area contributed by atoms with Gasteiger partial charge >= 0.3 is 7.82 Å². The largest absolute Gasteiger partial charge is 0.472 e. The van der Waals surface area contributed by atoms with E-state index in [4.69, 9.17) is 9.05 Å². The lowest BCUT2D eigenvalue weighted by molar-refractivity contribution is -0.870. The highest BCUT2D eigenvalue weighted by Gasteiger charge is 2.28. The molecular weight excluding hydrogens is 1100 g/mol. The Morgan fingerprint density at radius 3 is 1.00 bits per heavy atom. The van der Waals surface area contributed by atoms with Crippen molar-refractivity contribution in [2.75, 3.05) is 40.9 Å². The molecule has 0 aromatic rings. The van der Waals surface area contributed by atoms with Crippen molar-refractivity contribution in [3.63, 3.8) is 0 Å². The van der Waals surface area contributed by atoms with Crippen LogP contribution < -0.4 is 5.32 Å². The topological polar surface area (TPSA) is 105 Å². The van der Waals surface area contributed by atoms with Crippen molar-refractivity contribution in [1.29, 1.82) is 0 Å². The second kappa shape index (κ2) is 69.8. The highest BCUT2D eigenvalue weighted by atomic mass is 31.2. The minimum atomic E-state index is -4.33. The number of amides is 1. The predicted octanol–water partition coefficient (Wildman–Crippen LogP) is 25.3. The van der Waals surface area contributed by atoms with Crippen LogP contribution in [-0.2, 0) is 18.4 Å². The van der Waals surface area contributed by atoms with E-state index in [1.54, 1.807) is 0 Å². The van der Waals surface area contributed by atoms with Gasteiger partial charge in [0, 0.05) is 6.42 Å². The van der Waals surface area contributed by atoms with Crippen LogP contribution >= 0.6 is 7.82 Å². The smallest absolute Gasteiger partial charge is 0.391 e. The summed E-state index contributed by atoms with van der Waals surface area (Å²) < 4.78 is 24.0. The lowest BCUT2D eigenvalue weighted by atomic mass is 10.0. The number of likely N-dealkylation sites (N-methyl/N-ethyl adjacent to an activating group) is 1.